The SMILES string of the molecule is Cc1cccc(OCCN2C(=O)S/C(=C\c3ccc(F)cc3)C2=O)c1. The monoisotopic (exact) mass is 357 g/mol. The second kappa shape index (κ2) is 7.53. The van der Waals surface area contributed by atoms with Crippen LogP contribution in [-0.4, -0.2) is 29.2 Å². The first kappa shape index (κ1) is 17.2. The lowest BCUT2D eigenvalue weighted by Crippen LogP contribution is -2.32. The fourth-order valence-corrected chi connectivity index (χ4v) is 3.23. The lowest BCUT2D eigenvalue weighted by atomic mass is 10.2. The molecule has 0 spiro atoms. The summed E-state index contributed by atoms with van der Waals surface area (Å²) in [4.78, 5) is 25.9. The van der Waals surface area contributed by atoms with Crippen LogP contribution >= 0.6 is 11.8 Å². The minimum absolute atomic E-state index is 0.180. The number of carbonyl (C=O) groups is 2. The molecule has 128 valence electrons. The van der Waals surface area contributed by atoms with Gasteiger partial charge in [-0.05, 0) is 60.2 Å². The summed E-state index contributed by atoms with van der Waals surface area (Å²) in [6, 6.07) is 13.3. The Kier molecular flexibility index (Phi) is 5.19. The van der Waals surface area contributed by atoms with Crippen LogP contribution in [0.4, 0.5) is 9.18 Å². The number of halogens is 1. The van der Waals surface area contributed by atoms with Crippen LogP contribution < -0.4 is 4.74 Å². The van der Waals surface area contributed by atoms with Crippen LogP contribution in [0, 0.1) is 12.7 Å². The van der Waals surface area contributed by atoms with E-state index in [4.69, 9.17) is 4.74 Å². The van der Waals surface area contributed by atoms with Crippen LogP contribution in [0.2, 0.25) is 0 Å². The van der Waals surface area contributed by atoms with Gasteiger partial charge in [0.05, 0.1) is 11.4 Å². The van der Waals surface area contributed by atoms with Crippen molar-refractivity contribution in [2.24, 2.45) is 0 Å². The van der Waals surface area contributed by atoms with E-state index >= 15 is 0 Å². The summed E-state index contributed by atoms with van der Waals surface area (Å²) in [5.41, 5.74) is 1.74. The number of rotatable bonds is 5. The highest BCUT2D eigenvalue weighted by Crippen LogP contribution is 2.32. The first-order chi connectivity index (χ1) is 12.0. The van der Waals surface area contributed by atoms with Crippen molar-refractivity contribution in [2.45, 2.75) is 6.92 Å². The average molecular weight is 357 g/mol. The van der Waals surface area contributed by atoms with E-state index in [0.717, 1.165) is 22.2 Å². The molecule has 1 fully saturated rings. The standard InChI is InChI=1S/C19H16FNO3S/c1-13-3-2-4-16(11-13)24-10-9-21-18(22)17(25-19(21)23)12-14-5-7-15(20)8-6-14/h2-8,11-12H,9-10H2,1H3/b17-12-. The molecule has 0 unspecified atom stereocenters. The zero-order chi connectivity index (χ0) is 17.8. The third kappa shape index (κ3) is 4.28. The van der Waals surface area contributed by atoms with Crippen molar-refractivity contribution in [3.8, 4) is 5.75 Å². The normalized spacial score (nSPS) is 15.9. The number of ether oxygens (including phenoxy) is 1. The predicted molar refractivity (Wildman–Crippen MR) is 95.8 cm³/mol. The van der Waals surface area contributed by atoms with Crippen LogP contribution in [0.25, 0.3) is 6.08 Å². The zero-order valence-corrected chi connectivity index (χ0v) is 14.4. The zero-order valence-electron chi connectivity index (χ0n) is 13.6. The summed E-state index contributed by atoms with van der Waals surface area (Å²) in [5, 5.41) is -0.328. The molecule has 1 aliphatic heterocycles. The highest BCUT2D eigenvalue weighted by atomic mass is 32.2. The molecule has 1 saturated heterocycles. The molecule has 2 aromatic rings. The highest BCUT2D eigenvalue weighted by Gasteiger charge is 2.34. The lowest BCUT2D eigenvalue weighted by molar-refractivity contribution is -0.123. The van der Waals surface area contributed by atoms with E-state index in [1.165, 1.54) is 12.1 Å². The third-order valence-electron chi connectivity index (χ3n) is 3.61. The Morgan fingerprint density at radius 2 is 1.92 bits per heavy atom. The van der Waals surface area contributed by atoms with Crippen molar-refractivity contribution in [3.63, 3.8) is 0 Å². The van der Waals surface area contributed by atoms with Gasteiger partial charge in [0.15, 0.2) is 0 Å². The number of imide groups is 1. The van der Waals surface area contributed by atoms with Gasteiger partial charge in [-0.25, -0.2) is 4.39 Å². The predicted octanol–water partition coefficient (Wildman–Crippen LogP) is 4.25. The van der Waals surface area contributed by atoms with Crippen molar-refractivity contribution >= 4 is 29.0 Å². The molecule has 2 aromatic carbocycles. The molecular formula is C19H16FNO3S. The fourth-order valence-electron chi connectivity index (χ4n) is 2.36. The summed E-state index contributed by atoms with van der Waals surface area (Å²) in [5.74, 6) is -0.000421. The molecule has 0 bridgehead atoms. The Morgan fingerprint density at radius 1 is 1.16 bits per heavy atom. The van der Waals surface area contributed by atoms with Crippen LogP contribution in [0.5, 0.6) is 5.75 Å². The Balaban J connectivity index is 1.62. The van der Waals surface area contributed by atoms with E-state index in [2.05, 4.69) is 0 Å². The topological polar surface area (TPSA) is 46.6 Å². The van der Waals surface area contributed by atoms with Gasteiger partial charge in [0.2, 0.25) is 0 Å². The van der Waals surface area contributed by atoms with Crippen LogP contribution in [0.3, 0.4) is 0 Å². The number of benzene rings is 2. The van der Waals surface area contributed by atoms with Crippen LogP contribution in [0.1, 0.15) is 11.1 Å². The molecule has 6 heteroatoms. The minimum atomic E-state index is -0.354. The molecule has 3 rings (SSSR count). The van der Waals surface area contributed by atoms with Gasteiger partial charge < -0.3 is 4.74 Å². The van der Waals surface area contributed by atoms with Crippen LogP contribution in [-0.2, 0) is 4.79 Å². The summed E-state index contributed by atoms with van der Waals surface area (Å²) < 4.78 is 18.5. The fraction of sp³-hybridized carbons (Fsp3) is 0.158. The van der Waals surface area contributed by atoms with Gasteiger partial charge in [0, 0.05) is 0 Å². The van der Waals surface area contributed by atoms with Gasteiger partial charge in [0.1, 0.15) is 18.2 Å². The van der Waals surface area contributed by atoms with Crippen molar-refractivity contribution in [3.05, 3.63) is 70.4 Å². The molecule has 0 N–H and O–H groups in total. The average Bonchev–Trinajstić information content (AvgIpc) is 2.84. The summed E-state index contributed by atoms with van der Waals surface area (Å²) in [6.07, 6.45) is 1.59. The number of nitrogens with zero attached hydrogens (tertiary/aromatic N) is 1. The summed E-state index contributed by atoms with van der Waals surface area (Å²) in [7, 11) is 0. The van der Waals surface area contributed by atoms with Crippen molar-refractivity contribution in [1.29, 1.82) is 0 Å². The molecule has 0 aromatic heterocycles. The molecule has 0 radical (unpaired) electrons. The number of carbonyl (C=O) groups excluding carboxylic acids is 2. The second-order valence-corrected chi connectivity index (χ2v) is 6.54. The van der Waals surface area contributed by atoms with E-state index in [0.29, 0.717) is 16.2 Å². The van der Waals surface area contributed by atoms with Crippen molar-refractivity contribution in [1.82, 2.24) is 4.90 Å². The smallest absolute Gasteiger partial charge is 0.293 e. The van der Waals surface area contributed by atoms with E-state index < -0.39 is 0 Å². The first-order valence-corrected chi connectivity index (χ1v) is 8.55. The number of hydrogen-bond acceptors (Lipinski definition) is 4. The third-order valence-corrected chi connectivity index (χ3v) is 4.52. The molecule has 25 heavy (non-hydrogen) atoms. The van der Waals surface area contributed by atoms with Gasteiger partial charge in [-0.2, -0.15) is 0 Å². The molecule has 0 saturated carbocycles. The van der Waals surface area contributed by atoms with Gasteiger partial charge >= 0.3 is 0 Å². The first-order valence-electron chi connectivity index (χ1n) is 7.73. The number of hydrogen-bond donors (Lipinski definition) is 0. The Morgan fingerprint density at radius 3 is 2.64 bits per heavy atom. The lowest BCUT2D eigenvalue weighted by Gasteiger charge is -2.13. The maximum atomic E-state index is 12.9. The van der Waals surface area contributed by atoms with Gasteiger partial charge in [-0.15, -0.1) is 0 Å². The number of aryl methyl sites for hydroxylation is 1. The van der Waals surface area contributed by atoms with Gasteiger partial charge in [-0.1, -0.05) is 24.3 Å². The van der Waals surface area contributed by atoms with E-state index in [1.807, 2.05) is 31.2 Å². The minimum Gasteiger partial charge on any atom is -0.492 e. The molecule has 4 nitrogen and oxygen atoms in total. The van der Waals surface area contributed by atoms with Gasteiger partial charge in [-0.3, -0.25) is 14.5 Å². The maximum absolute atomic E-state index is 12.9. The van der Waals surface area contributed by atoms with Crippen molar-refractivity contribution in [2.75, 3.05) is 13.2 Å². The maximum Gasteiger partial charge on any atom is 0.293 e. The van der Waals surface area contributed by atoms with Crippen molar-refractivity contribution < 1.29 is 18.7 Å². The number of amides is 2. The molecule has 1 heterocycles. The highest BCUT2D eigenvalue weighted by molar-refractivity contribution is 8.18. The second-order valence-electron chi connectivity index (χ2n) is 5.55. The van der Waals surface area contributed by atoms with E-state index in [1.54, 1.807) is 18.2 Å². The summed E-state index contributed by atoms with van der Waals surface area (Å²) >= 11 is 0.879. The molecule has 2 amide bonds. The molecular weight excluding hydrogens is 341 g/mol. The van der Waals surface area contributed by atoms with E-state index in [-0.39, 0.29) is 30.1 Å². The summed E-state index contributed by atoms with van der Waals surface area (Å²) in [6.45, 7) is 2.37. The van der Waals surface area contributed by atoms with E-state index in [9.17, 15) is 14.0 Å². The van der Waals surface area contributed by atoms with Gasteiger partial charge in [0.25, 0.3) is 11.1 Å². The molecule has 0 aliphatic carbocycles. The number of thioether (sulfide) groups is 1. The molecule has 0 atom stereocenters. The Labute approximate surface area is 149 Å². The van der Waals surface area contributed by atoms with Crippen LogP contribution in [0.15, 0.2) is 53.4 Å². The Bertz CT molecular complexity index is 833. The Hall–Kier alpha value is -2.60. The largest absolute Gasteiger partial charge is 0.492 e. The molecule has 1 aliphatic rings. The quantitative estimate of drug-likeness (QED) is 0.751.